The quantitative estimate of drug-likeness (QED) is 0.692. The molecule has 5 heteroatoms. The van der Waals surface area contributed by atoms with E-state index < -0.39 is 0 Å². The Bertz CT molecular complexity index is 285. The zero-order valence-electron chi connectivity index (χ0n) is 7.73. The normalized spacial score (nSPS) is 24.0. The van der Waals surface area contributed by atoms with Gasteiger partial charge in [-0.15, -0.1) is 0 Å². The molecule has 0 bridgehead atoms. The van der Waals surface area contributed by atoms with E-state index in [1.807, 2.05) is 6.92 Å². The smallest absolute Gasteiger partial charge is 0.240 e. The Labute approximate surface area is 76.9 Å². The molecule has 1 aliphatic rings. The number of likely N-dealkylation sites (tertiary alicyclic amines) is 1. The Morgan fingerprint density at radius 1 is 1.69 bits per heavy atom. The average Bonchev–Trinajstić information content (AvgIpc) is 2.62. The highest BCUT2D eigenvalue weighted by Crippen LogP contribution is 2.10. The molecule has 0 saturated carbocycles. The average molecular weight is 182 g/mol. The van der Waals surface area contributed by atoms with Crippen molar-refractivity contribution in [1.82, 2.24) is 15.0 Å². The summed E-state index contributed by atoms with van der Waals surface area (Å²) >= 11 is 0. The highest BCUT2D eigenvalue weighted by atomic mass is 16.5. The lowest BCUT2D eigenvalue weighted by molar-refractivity contribution is 0.265. The fourth-order valence-electron chi connectivity index (χ4n) is 1.60. The van der Waals surface area contributed by atoms with Crippen LogP contribution in [-0.4, -0.2) is 34.2 Å². The fourth-order valence-corrected chi connectivity index (χ4v) is 1.60. The van der Waals surface area contributed by atoms with Gasteiger partial charge in [0.05, 0.1) is 6.54 Å². The van der Waals surface area contributed by atoms with E-state index in [0.29, 0.717) is 17.8 Å². The second-order valence-electron chi connectivity index (χ2n) is 3.52. The first-order valence-electron chi connectivity index (χ1n) is 4.51. The number of hydrogen-bond acceptors (Lipinski definition) is 5. The molecule has 0 aliphatic carbocycles. The summed E-state index contributed by atoms with van der Waals surface area (Å²) in [5, 5.41) is 3.73. The lowest BCUT2D eigenvalue weighted by Gasteiger charge is -2.10. The minimum atomic E-state index is 0.309. The van der Waals surface area contributed by atoms with Crippen LogP contribution in [0.25, 0.3) is 0 Å². The largest absolute Gasteiger partial charge is 0.338 e. The summed E-state index contributed by atoms with van der Waals surface area (Å²) < 4.78 is 5.02. The summed E-state index contributed by atoms with van der Waals surface area (Å²) in [5.41, 5.74) is 5.78. The molecule has 0 unspecified atom stereocenters. The second kappa shape index (κ2) is 3.43. The molecular weight excluding hydrogens is 168 g/mol. The predicted molar refractivity (Wildman–Crippen MR) is 46.9 cm³/mol. The molecule has 0 amide bonds. The maximum Gasteiger partial charge on any atom is 0.240 e. The Balaban J connectivity index is 1.91. The monoisotopic (exact) mass is 182 g/mol. The molecule has 2 N–H and O–H groups in total. The Morgan fingerprint density at radius 2 is 2.54 bits per heavy atom. The van der Waals surface area contributed by atoms with E-state index in [-0.39, 0.29) is 0 Å². The molecule has 72 valence electrons. The summed E-state index contributed by atoms with van der Waals surface area (Å²) in [7, 11) is 0. The van der Waals surface area contributed by atoms with Crippen LogP contribution in [-0.2, 0) is 6.54 Å². The van der Waals surface area contributed by atoms with Gasteiger partial charge < -0.3 is 10.3 Å². The minimum Gasteiger partial charge on any atom is -0.338 e. The van der Waals surface area contributed by atoms with Gasteiger partial charge in [-0.1, -0.05) is 5.16 Å². The molecule has 1 saturated heterocycles. The van der Waals surface area contributed by atoms with Crippen LogP contribution in [0, 0.1) is 6.92 Å². The van der Waals surface area contributed by atoms with Crippen LogP contribution in [0.2, 0.25) is 0 Å². The van der Waals surface area contributed by atoms with E-state index >= 15 is 0 Å². The second-order valence-corrected chi connectivity index (χ2v) is 3.52. The third-order valence-electron chi connectivity index (χ3n) is 2.24. The van der Waals surface area contributed by atoms with Gasteiger partial charge in [-0.3, -0.25) is 4.90 Å². The zero-order chi connectivity index (χ0) is 9.26. The van der Waals surface area contributed by atoms with Crippen molar-refractivity contribution in [3.05, 3.63) is 11.7 Å². The molecule has 1 atom stereocenters. The molecule has 5 nitrogen and oxygen atoms in total. The molecule has 0 aromatic carbocycles. The highest BCUT2D eigenvalue weighted by Gasteiger charge is 2.20. The Morgan fingerprint density at radius 3 is 3.08 bits per heavy atom. The number of aromatic nitrogens is 2. The van der Waals surface area contributed by atoms with Crippen LogP contribution in [0.4, 0.5) is 0 Å². The summed E-state index contributed by atoms with van der Waals surface area (Å²) in [6.07, 6.45) is 1.06. The van der Waals surface area contributed by atoms with Gasteiger partial charge in [0.25, 0.3) is 0 Å². The lowest BCUT2D eigenvalue weighted by Crippen LogP contribution is -2.26. The first kappa shape index (κ1) is 8.65. The van der Waals surface area contributed by atoms with E-state index in [4.69, 9.17) is 10.3 Å². The lowest BCUT2D eigenvalue weighted by atomic mass is 10.3. The van der Waals surface area contributed by atoms with E-state index in [2.05, 4.69) is 15.0 Å². The Hall–Kier alpha value is -0.940. The first-order chi connectivity index (χ1) is 6.24. The minimum absolute atomic E-state index is 0.309. The van der Waals surface area contributed by atoms with Gasteiger partial charge in [-0.05, 0) is 13.3 Å². The molecule has 0 radical (unpaired) electrons. The third kappa shape index (κ3) is 2.05. The molecule has 1 aromatic heterocycles. The highest BCUT2D eigenvalue weighted by molar-refractivity contribution is 4.86. The zero-order valence-corrected chi connectivity index (χ0v) is 7.73. The van der Waals surface area contributed by atoms with E-state index in [1.165, 1.54) is 0 Å². The maximum absolute atomic E-state index is 5.78. The van der Waals surface area contributed by atoms with Crippen LogP contribution >= 0.6 is 0 Å². The van der Waals surface area contributed by atoms with Gasteiger partial charge in [-0.25, -0.2) is 0 Å². The van der Waals surface area contributed by atoms with Crippen molar-refractivity contribution in [3.63, 3.8) is 0 Å². The van der Waals surface area contributed by atoms with Gasteiger partial charge in [0.1, 0.15) is 0 Å². The third-order valence-corrected chi connectivity index (χ3v) is 2.24. The van der Waals surface area contributed by atoms with E-state index in [1.54, 1.807) is 0 Å². The molecule has 1 aliphatic heterocycles. The molecular formula is C8H14N4O. The maximum atomic E-state index is 5.78. The first-order valence-corrected chi connectivity index (χ1v) is 4.51. The van der Waals surface area contributed by atoms with Crippen LogP contribution in [0.3, 0.4) is 0 Å². The van der Waals surface area contributed by atoms with E-state index in [9.17, 15) is 0 Å². The van der Waals surface area contributed by atoms with Crippen molar-refractivity contribution in [2.45, 2.75) is 25.9 Å². The SMILES string of the molecule is Cc1noc(CN2CC[C@H](N)C2)n1. The fraction of sp³-hybridized carbons (Fsp3) is 0.750. The van der Waals surface area contributed by atoms with Crippen molar-refractivity contribution in [1.29, 1.82) is 0 Å². The van der Waals surface area contributed by atoms with Crippen molar-refractivity contribution in [2.24, 2.45) is 5.73 Å². The van der Waals surface area contributed by atoms with Crippen molar-refractivity contribution in [2.75, 3.05) is 13.1 Å². The van der Waals surface area contributed by atoms with E-state index in [0.717, 1.165) is 26.1 Å². The topological polar surface area (TPSA) is 68.2 Å². The molecule has 2 rings (SSSR count). The van der Waals surface area contributed by atoms with Crippen molar-refractivity contribution < 1.29 is 4.52 Å². The number of hydrogen-bond donors (Lipinski definition) is 1. The number of nitrogens with zero attached hydrogens (tertiary/aromatic N) is 3. The van der Waals surface area contributed by atoms with Crippen LogP contribution < -0.4 is 5.73 Å². The van der Waals surface area contributed by atoms with Crippen molar-refractivity contribution in [3.8, 4) is 0 Å². The van der Waals surface area contributed by atoms with Crippen LogP contribution in [0.15, 0.2) is 4.52 Å². The standard InChI is InChI=1S/C8H14N4O/c1-6-10-8(13-11-6)5-12-3-2-7(9)4-12/h7H,2-5,9H2,1H3/t7-/m0/s1. The predicted octanol–water partition coefficient (Wildman–Crippen LogP) is -0.0890. The number of aryl methyl sites for hydroxylation is 1. The summed E-state index contributed by atoms with van der Waals surface area (Å²) in [4.78, 5) is 6.37. The number of nitrogens with two attached hydrogens (primary N) is 1. The molecule has 13 heavy (non-hydrogen) atoms. The van der Waals surface area contributed by atoms with Gasteiger partial charge in [0.2, 0.25) is 5.89 Å². The Kier molecular flexibility index (Phi) is 2.28. The number of rotatable bonds is 2. The van der Waals surface area contributed by atoms with Crippen LogP contribution in [0.5, 0.6) is 0 Å². The summed E-state index contributed by atoms with van der Waals surface area (Å²) in [5.74, 6) is 1.38. The van der Waals surface area contributed by atoms with Gasteiger partial charge >= 0.3 is 0 Å². The van der Waals surface area contributed by atoms with Gasteiger partial charge in [0, 0.05) is 19.1 Å². The van der Waals surface area contributed by atoms with Crippen LogP contribution in [0.1, 0.15) is 18.1 Å². The molecule has 0 spiro atoms. The molecule has 2 heterocycles. The summed E-state index contributed by atoms with van der Waals surface area (Å²) in [6.45, 7) is 4.52. The summed E-state index contributed by atoms with van der Waals surface area (Å²) in [6, 6.07) is 0.309. The van der Waals surface area contributed by atoms with Crippen molar-refractivity contribution >= 4 is 0 Å². The van der Waals surface area contributed by atoms with Gasteiger partial charge in [0.15, 0.2) is 5.82 Å². The van der Waals surface area contributed by atoms with Gasteiger partial charge in [-0.2, -0.15) is 4.98 Å². The molecule has 1 aromatic rings. The molecule has 1 fully saturated rings.